The Balaban J connectivity index is 1.46. The number of carbonyl (C=O) groups is 1. The van der Waals surface area contributed by atoms with Gasteiger partial charge in [-0.15, -0.1) is 0 Å². The second kappa shape index (κ2) is 9.37. The lowest BCUT2D eigenvalue weighted by atomic mass is 9.96. The molecule has 144 valence electrons. The number of benzene rings is 1. The number of ether oxygens (including phenoxy) is 2. The van der Waals surface area contributed by atoms with Gasteiger partial charge in [-0.05, 0) is 56.1 Å². The fraction of sp³-hybridized carbons (Fsp3) is 0.429. The highest BCUT2D eigenvalue weighted by atomic mass is 16.5. The number of methoxy groups -OCH3 is 2. The van der Waals surface area contributed by atoms with Crippen molar-refractivity contribution >= 4 is 5.91 Å². The van der Waals surface area contributed by atoms with E-state index in [0.29, 0.717) is 29.5 Å². The summed E-state index contributed by atoms with van der Waals surface area (Å²) in [6, 6.07) is 11.2. The van der Waals surface area contributed by atoms with Crippen LogP contribution in [0.1, 0.15) is 28.9 Å². The maximum Gasteiger partial charge on any atom is 0.251 e. The van der Waals surface area contributed by atoms with E-state index < -0.39 is 0 Å². The molecule has 27 heavy (non-hydrogen) atoms. The molecular weight excluding hydrogens is 342 g/mol. The SMILES string of the molecule is COc1cc(OC)cc(C(=O)NCC2CCN(Cc3ccccn3)CC2)c1. The van der Waals surface area contributed by atoms with Gasteiger partial charge in [-0.3, -0.25) is 14.7 Å². The van der Waals surface area contributed by atoms with Crippen LogP contribution in [0.15, 0.2) is 42.6 Å². The number of nitrogens with zero attached hydrogens (tertiary/aromatic N) is 2. The van der Waals surface area contributed by atoms with Gasteiger partial charge in [0.05, 0.1) is 19.9 Å². The minimum atomic E-state index is -0.0943. The first kappa shape index (κ1) is 19.2. The van der Waals surface area contributed by atoms with Crippen molar-refractivity contribution in [2.75, 3.05) is 33.9 Å². The second-order valence-electron chi connectivity index (χ2n) is 6.85. The van der Waals surface area contributed by atoms with Crippen LogP contribution in [0.4, 0.5) is 0 Å². The lowest BCUT2D eigenvalue weighted by molar-refractivity contribution is 0.0934. The number of likely N-dealkylation sites (tertiary alicyclic amines) is 1. The monoisotopic (exact) mass is 369 g/mol. The number of hydrogen-bond acceptors (Lipinski definition) is 5. The van der Waals surface area contributed by atoms with Crippen LogP contribution in [-0.2, 0) is 6.54 Å². The molecule has 0 saturated carbocycles. The summed E-state index contributed by atoms with van der Waals surface area (Å²) in [5.41, 5.74) is 1.66. The van der Waals surface area contributed by atoms with Gasteiger partial charge < -0.3 is 14.8 Å². The van der Waals surface area contributed by atoms with Crippen LogP contribution >= 0.6 is 0 Å². The number of pyridine rings is 1. The van der Waals surface area contributed by atoms with Gasteiger partial charge in [0.15, 0.2) is 0 Å². The van der Waals surface area contributed by atoms with Gasteiger partial charge in [-0.25, -0.2) is 0 Å². The Morgan fingerprint density at radius 1 is 1.15 bits per heavy atom. The summed E-state index contributed by atoms with van der Waals surface area (Å²) >= 11 is 0. The number of rotatable bonds is 7. The summed E-state index contributed by atoms with van der Waals surface area (Å²) in [4.78, 5) is 19.3. The predicted molar refractivity (Wildman–Crippen MR) is 104 cm³/mol. The molecule has 6 nitrogen and oxygen atoms in total. The van der Waals surface area contributed by atoms with Crippen LogP contribution in [0, 0.1) is 5.92 Å². The Labute approximate surface area is 160 Å². The van der Waals surface area contributed by atoms with E-state index in [1.54, 1.807) is 32.4 Å². The quantitative estimate of drug-likeness (QED) is 0.813. The van der Waals surface area contributed by atoms with Crippen LogP contribution in [0.2, 0.25) is 0 Å². The van der Waals surface area contributed by atoms with E-state index in [9.17, 15) is 4.79 Å². The third-order valence-corrected chi connectivity index (χ3v) is 4.98. The molecule has 1 aromatic heterocycles. The highest BCUT2D eigenvalue weighted by molar-refractivity contribution is 5.95. The number of nitrogens with one attached hydrogen (secondary N) is 1. The largest absolute Gasteiger partial charge is 0.497 e. The average Bonchev–Trinajstić information content (AvgIpc) is 2.73. The van der Waals surface area contributed by atoms with Crippen LogP contribution in [0.25, 0.3) is 0 Å². The zero-order valence-electron chi connectivity index (χ0n) is 16.0. The highest BCUT2D eigenvalue weighted by Crippen LogP contribution is 2.23. The normalized spacial score (nSPS) is 15.3. The molecule has 1 aliphatic rings. The molecule has 1 N–H and O–H groups in total. The molecule has 1 amide bonds. The minimum Gasteiger partial charge on any atom is -0.497 e. The third-order valence-electron chi connectivity index (χ3n) is 4.98. The summed E-state index contributed by atoms with van der Waals surface area (Å²) in [5, 5.41) is 3.05. The first-order valence-corrected chi connectivity index (χ1v) is 9.31. The molecule has 2 aromatic rings. The molecule has 2 heterocycles. The summed E-state index contributed by atoms with van der Waals surface area (Å²) in [7, 11) is 3.16. The fourth-order valence-electron chi connectivity index (χ4n) is 3.35. The van der Waals surface area contributed by atoms with Gasteiger partial charge in [0.2, 0.25) is 0 Å². The Morgan fingerprint density at radius 3 is 2.44 bits per heavy atom. The number of amides is 1. The molecule has 1 saturated heterocycles. The van der Waals surface area contributed by atoms with Gasteiger partial charge in [0, 0.05) is 30.9 Å². The van der Waals surface area contributed by atoms with E-state index in [0.717, 1.165) is 38.2 Å². The van der Waals surface area contributed by atoms with Crippen molar-refractivity contribution in [2.45, 2.75) is 19.4 Å². The summed E-state index contributed by atoms with van der Waals surface area (Å²) in [6.07, 6.45) is 3.99. The molecule has 0 radical (unpaired) electrons. The van der Waals surface area contributed by atoms with E-state index in [2.05, 4.69) is 21.3 Å². The fourth-order valence-corrected chi connectivity index (χ4v) is 3.35. The topological polar surface area (TPSA) is 63.7 Å². The lowest BCUT2D eigenvalue weighted by Gasteiger charge is -2.31. The van der Waals surface area contributed by atoms with E-state index in [-0.39, 0.29) is 5.91 Å². The van der Waals surface area contributed by atoms with Gasteiger partial charge in [-0.2, -0.15) is 0 Å². The Bertz CT molecular complexity index is 721. The van der Waals surface area contributed by atoms with Gasteiger partial charge in [0.1, 0.15) is 11.5 Å². The molecule has 0 atom stereocenters. The van der Waals surface area contributed by atoms with Crippen molar-refractivity contribution in [1.82, 2.24) is 15.2 Å². The molecule has 0 bridgehead atoms. The molecule has 3 rings (SSSR count). The van der Waals surface area contributed by atoms with Crippen LogP contribution in [0.3, 0.4) is 0 Å². The van der Waals surface area contributed by atoms with Crippen LogP contribution in [-0.4, -0.2) is 49.6 Å². The zero-order chi connectivity index (χ0) is 19.1. The predicted octanol–water partition coefficient (Wildman–Crippen LogP) is 2.74. The Kier molecular flexibility index (Phi) is 6.65. The number of hydrogen-bond donors (Lipinski definition) is 1. The van der Waals surface area contributed by atoms with Gasteiger partial charge in [-0.1, -0.05) is 6.07 Å². The summed E-state index contributed by atoms with van der Waals surface area (Å²) < 4.78 is 10.5. The first-order valence-electron chi connectivity index (χ1n) is 9.31. The van der Waals surface area contributed by atoms with Gasteiger partial charge in [0.25, 0.3) is 5.91 Å². The molecule has 1 aromatic carbocycles. The molecule has 0 spiro atoms. The Hall–Kier alpha value is -2.60. The number of piperidine rings is 1. The van der Waals surface area contributed by atoms with Crippen molar-refractivity contribution in [3.63, 3.8) is 0 Å². The average molecular weight is 369 g/mol. The third kappa shape index (κ3) is 5.44. The van der Waals surface area contributed by atoms with E-state index in [1.165, 1.54) is 0 Å². The summed E-state index contributed by atoms with van der Waals surface area (Å²) in [5.74, 6) is 1.63. The number of aromatic nitrogens is 1. The van der Waals surface area contributed by atoms with Crippen molar-refractivity contribution in [1.29, 1.82) is 0 Å². The maximum absolute atomic E-state index is 12.5. The van der Waals surface area contributed by atoms with E-state index in [4.69, 9.17) is 9.47 Å². The van der Waals surface area contributed by atoms with E-state index >= 15 is 0 Å². The second-order valence-corrected chi connectivity index (χ2v) is 6.85. The molecule has 6 heteroatoms. The van der Waals surface area contributed by atoms with Gasteiger partial charge >= 0.3 is 0 Å². The van der Waals surface area contributed by atoms with Crippen molar-refractivity contribution in [3.8, 4) is 11.5 Å². The molecule has 1 fully saturated rings. The smallest absolute Gasteiger partial charge is 0.251 e. The maximum atomic E-state index is 12.5. The Morgan fingerprint density at radius 2 is 1.85 bits per heavy atom. The van der Waals surface area contributed by atoms with Crippen molar-refractivity contribution in [2.24, 2.45) is 5.92 Å². The lowest BCUT2D eigenvalue weighted by Crippen LogP contribution is -2.38. The van der Waals surface area contributed by atoms with Crippen LogP contribution in [0.5, 0.6) is 11.5 Å². The van der Waals surface area contributed by atoms with Crippen LogP contribution < -0.4 is 14.8 Å². The summed E-state index contributed by atoms with van der Waals surface area (Å²) in [6.45, 7) is 3.65. The molecular formula is C21H27N3O3. The van der Waals surface area contributed by atoms with E-state index in [1.807, 2.05) is 18.3 Å². The molecule has 1 aliphatic heterocycles. The standard InChI is InChI=1S/C21H27N3O3/c1-26-19-11-17(12-20(13-19)27-2)21(25)23-14-16-6-9-24(10-7-16)15-18-5-3-4-8-22-18/h3-5,8,11-13,16H,6-7,9-10,14-15H2,1-2H3,(H,23,25). The number of carbonyl (C=O) groups excluding carboxylic acids is 1. The van der Waals surface area contributed by atoms with Crippen molar-refractivity contribution in [3.05, 3.63) is 53.9 Å². The molecule has 0 aliphatic carbocycles. The van der Waals surface area contributed by atoms with Crippen molar-refractivity contribution < 1.29 is 14.3 Å². The molecule has 0 unspecified atom stereocenters. The minimum absolute atomic E-state index is 0.0943. The zero-order valence-corrected chi connectivity index (χ0v) is 16.0. The first-order chi connectivity index (χ1) is 13.2. The highest BCUT2D eigenvalue weighted by Gasteiger charge is 2.20.